The van der Waals surface area contributed by atoms with Crippen LogP contribution in [0.2, 0.25) is 0 Å². The number of rotatable bonds is 11. The minimum Gasteiger partial charge on any atom is -0.480 e. The molecule has 2 aromatic rings. The molecule has 3 rings (SSSR count). The Labute approximate surface area is 206 Å². The molecule has 0 saturated heterocycles. The molecule has 0 spiro atoms. The van der Waals surface area contributed by atoms with E-state index in [2.05, 4.69) is 29.6 Å². The van der Waals surface area contributed by atoms with E-state index in [4.69, 9.17) is 4.74 Å². The Kier molecular flexibility index (Phi) is 8.87. The Hall–Kier alpha value is -3.39. The van der Waals surface area contributed by atoms with Crippen LogP contribution in [0.5, 0.6) is 0 Å². The summed E-state index contributed by atoms with van der Waals surface area (Å²) >= 11 is 0. The molecule has 2 N–H and O–H groups in total. The average Bonchev–Trinajstić information content (AvgIpc) is 3.13. The van der Waals surface area contributed by atoms with Crippen LogP contribution in [0.1, 0.15) is 37.3 Å². The number of carboxylic acids is 1. The summed E-state index contributed by atoms with van der Waals surface area (Å²) in [5, 5.41) is 12.0. The molecule has 35 heavy (non-hydrogen) atoms. The van der Waals surface area contributed by atoms with Gasteiger partial charge < -0.3 is 25.0 Å². The highest BCUT2D eigenvalue weighted by atomic mass is 16.5. The molecule has 0 radical (unpaired) electrons. The fraction of sp³-hybridized carbons (Fsp3) is 0.444. The molecule has 0 aromatic heterocycles. The molecule has 0 bridgehead atoms. The summed E-state index contributed by atoms with van der Waals surface area (Å²) in [6.07, 6.45) is -0.584. The minimum atomic E-state index is -1.07. The summed E-state index contributed by atoms with van der Waals surface area (Å²) in [6, 6.07) is 15.8. The van der Waals surface area contributed by atoms with Gasteiger partial charge in [-0.15, -0.1) is 0 Å². The summed E-state index contributed by atoms with van der Waals surface area (Å²) in [7, 11) is 3.72. The van der Waals surface area contributed by atoms with Gasteiger partial charge in [-0.1, -0.05) is 62.4 Å². The molecule has 188 valence electrons. The molecule has 0 saturated carbocycles. The molecule has 8 nitrogen and oxygen atoms in total. The maximum absolute atomic E-state index is 12.9. The van der Waals surface area contributed by atoms with Crippen molar-refractivity contribution in [3.63, 3.8) is 0 Å². The molecule has 0 aliphatic heterocycles. The summed E-state index contributed by atoms with van der Waals surface area (Å²) in [5.74, 6) is -1.47. The molecule has 8 heteroatoms. The number of carboxylic acid groups (broad SMARTS) is 1. The van der Waals surface area contributed by atoms with E-state index < -0.39 is 18.1 Å². The molecule has 2 amide bonds. The van der Waals surface area contributed by atoms with Gasteiger partial charge in [0.1, 0.15) is 13.2 Å². The number of nitrogens with zero attached hydrogens (tertiary/aromatic N) is 2. The van der Waals surface area contributed by atoms with Crippen LogP contribution in [0, 0.1) is 5.92 Å². The van der Waals surface area contributed by atoms with E-state index in [0.717, 1.165) is 22.3 Å². The molecule has 2 aromatic carbocycles. The molecular formula is C27H35N3O5. The van der Waals surface area contributed by atoms with Crippen LogP contribution in [-0.2, 0) is 14.3 Å². The zero-order valence-corrected chi connectivity index (χ0v) is 20.9. The maximum atomic E-state index is 12.9. The third-order valence-electron chi connectivity index (χ3n) is 6.34. The Morgan fingerprint density at radius 2 is 1.54 bits per heavy atom. The van der Waals surface area contributed by atoms with E-state index in [9.17, 15) is 19.5 Å². The van der Waals surface area contributed by atoms with E-state index in [1.54, 1.807) is 0 Å². The first-order valence-corrected chi connectivity index (χ1v) is 11.9. The largest absolute Gasteiger partial charge is 0.480 e. The number of likely N-dealkylation sites (N-methyl/N-ethyl adjacent to an activating group) is 1. The van der Waals surface area contributed by atoms with Crippen molar-refractivity contribution < 1.29 is 24.2 Å². The van der Waals surface area contributed by atoms with Gasteiger partial charge in [-0.05, 0) is 42.3 Å². The van der Waals surface area contributed by atoms with Gasteiger partial charge in [0.2, 0.25) is 5.91 Å². The number of alkyl carbamates (subject to hydrolysis) is 1. The van der Waals surface area contributed by atoms with Crippen LogP contribution >= 0.6 is 0 Å². The first-order chi connectivity index (χ1) is 16.7. The van der Waals surface area contributed by atoms with Crippen molar-refractivity contribution >= 4 is 18.0 Å². The average molecular weight is 482 g/mol. The number of carbonyl (C=O) groups is 3. The van der Waals surface area contributed by atoms with Crippen LogP contribution in [0.3, 0.4) is 0 Å². The van der Waals surface area contributed by atoms with Gasteiger partial charge in [0, 0.05) is 31.5 Å². The predicted molar refractivity (Wildman–Crippen MR) is 134 cm³/mol. The smallest absolute Gasteiger partial charge is 0.407 e. The van der Waals surface area contributed by atoms with Crippen molar-refractivity contribution in [3.05, 3.63) is 59.7 Å². The fourth-order valence-electron chi connectivity index (χ4n) is 4.34. The molecule has 0 heterocycles. The van der Waals surface area contributed by atoms with E-state index in [-0.39, 0.29) is 37.3 Å². The van der Waals surface area contributed by atoms with Crippen LogP contribution < -0.4 is 5.32 Å². The lowest BCUT2D eigenvalue weighted by Gasteiger charge is -2.27. The number of benzene rings is 2. The number of aliphatic carboxylic acids is 1. The standard InChI is InChI=1S/C27H35N3O5/c1-18(2)24(15-25(31)30(16-26(32)33)14-13-29(3)4)28-27(34)35-17-23-21-11-7-5-9-19(21)20-10-6-8-12-22(20)23/h5-12,18,23-24H,13-17H2,1-4H3,(H,28,34)(H,32,33). The van der Waals surface area contributed by atoms with Crippen molar-refractivity contribution in [2.75, 3.05) is 40.3 Å². The quantitative estimate of drug-likeness (QED) is 0.510. The van der Waals surface area contributed by atoms with Crippen molar-refractivity contribution in [3.8, 4) is 11.1 Å². The lowest BCUT2D eigenvalue weighted by atomic mass is 9.98. The Morgan fingerprint density at radius 1 is 0.971 bits per heavy atom. The third-order valence-corrected chi connectivity index (χ3v) is 6.34. The summed E-state index contributed by atoms with van der Waals surface area (Å²) < 4.78 is 5.63. The number of hydrogen-bond acceptors (Lipinski definition) is 5. The predicted octanol–water partition coefficient (Wildman–Crippen LogP) is 3.41. The molecule has 1 aliphatic rings. The second-order valence-electron chi connectivity index (χ2n) is 9.54. The Balaban J connectivity index is 1.62. The van der Waals surface area contributed by atoms with Gasteiger partial charge in [-0.3, -0.25) is 9.59 Å². The number of nitrogens with one attached hydrogen (secondary N) is 1. The topological polar surface area (TPSA) is 99.2 Å². The normalized spacial score (nSPS) is 13.3. The van der Waals surface area contributed by atoms with Gasteiger partial charge >= 0.3 is 12.1 Å². The summed E-state index contributed by atoms with van der Waals surface area (Å²) in [6.45, 7) is 4.47. The molecule has 1 atom stereocenters. The van der Waals surface area contributed by atoms with Crippen LogP contribution in [0.25, 0.3) is 11.1 Å². The second-order valence-corrected chi connectivity index (χ2v) is 9.54. The highest BCUT2D eigenvalue weighted by Crippen LogP contribution is 2.44. The van der Waals surface area contributed by atoms with Crippen molar-refractivity contribution in [2.24, 2.45) is 5.92 Å². The number of ether oxygens (including phenoxy) is 1. The Bertz CT molecular complexity index is 1010. The van der Waals surface area contributed by atoms with Crippen LogP contribution in [0.4, 0.5) is 4.79 Å². The Morgan fingerprint density at radius 3 is 2.06 bits per heavy atom. The van der Waals surface area contributed by atoms with Gasteiger partial charge in [0.05, 0.1) is 0 Å². The zero-order valence-electron chi connectivity index (χ0n) is 20.9. The second kappa shape index (κ2) is 11.8. The molecule has 0 fully saturated rings. The monoisotopic (exact) mass is 481 g/mol. The lowest BCUT2D eigenvalue weighted by Crippen LogP contribution is -2.46. The highest BCUT2D eigenvalue weighted by molar-refractivity contribution is 5.82. The lowest BCUT2D eigenvalue weighted by molar-refractivity contribution is -0.144. The molecular weight excluding hydrogens is 446 g/mol. The zero-order chi connectivity index (χ0) is 25.5. The third kappa shape index (κ3) is 6.82. The number of amides is 2. The van der Waals surface area contributed by atoms with Gasteiger partial charge in [0.15, 0.2) is 0 Å². The first-order valence-electron chi connectivity index (χ1n) is 11.9. The summed E-state index contributed by atoms with van der Waals surface area (Å²) in [4.78, 5) is 40.1. The van der Waals surface area contributed by atoms with E-state index in [1.165, 1.54) is 4.90 Å². The van der Waals surface area contributed by atoms with Crippen molar-refractivity contribution in [1.82, 2.24) is 15.1 Å². The molecule has 1 aliphatic carbocycles. The number of hydrogen-bond donors (Lipinski definition) is 2. The van der Waals surface area contributed by atoms with Crippen molar-refractivity contribution in [2.45, 2.75) is 32.2 Å². The van der Waals surface area contributed by atoms with E-state index in [0.29, 0.717) is 13.1 Å². The van der Waals surface area contributed by atoms with E-state index in [1.807, 2.05) is 57.1 Å². The minimum absolute atomic E-state index is 0.00255. The summed E-state index contributed by atoms with van der Waals surface area (Å²) in [5.41, 5.74) is 4.56. The number of carbonyl (C=O) groups excluding carboxylic acids is 2. The molecule has 1 unspecified atom stereocenters. The van der Waals surface area contributed by atoms with Gasteiger partial charge in [0.25, 0.3) is 0 Å². The van der Waals surface area contributed by atoms with E-state index >= 15 is 0 Å². The first kappa shape index (κ1) is 26.2. The van der Waals surface area contributed by atoms with Gasteiger partial charge in [-0.2, -0.15) is 0 Å². The van der Waals surface area contributed by atoms with Crippen LogP contribution in [-0.4, -0.2) is 79.3 Å². The van der Waals surface area contributed by atoms with Gasteiger partial charge in [-0.25, -0.2) is 4.79 Å². The highest BCUT2D eigenvalue weighted by Gasteiger charge is 2.30. The number of fused-ring (bicyclic) bond motifs is 3. The SMILES string of the molecule is CC(C)C(CC(=O)N(CCN(C)C)CC(=O)O)NC(=O)OCC1c2ccccc2-c2ccccc21. The fourth-order valence-corrected chi connectivity index (χ4v) is 4.34. The van der Waals surface area contributed by atoms with Crippen molar-refractivity contribution in [1.29, 1.82) is 0 Å². The maximum Gasteiger partial charge on any atom is 0.407 e. The van der Waals surface area contributed by atoms with Crippen LogP contribution in [0.15, 0.2) is 48.5 Å².